The molecular weight excluding hydrogens is 393 g/mol. The van der Waals surface area contributed by atoms with Gasteiger partial charge in [-0.05, 0) is 59.9 Å². The Bertz CT molecular complexity index is 1180. The molecule has 3 aromatic rings. The molecule has 0 bridgehead atoms. The zero-order valence-corrected chi connectivity index (χ0v) is 19.6. The fraction of sp³-hybridized carbons (Fsp3) is 0.367. The molecule has 164 valence electrons. The Balaban J connectivity index is 1.92. The van der Waals surface area contributed by atoms with E-state index in [1.165, 1.54) is 52.8 Å². The number of fused-ring (bicyclic) bond motifs is 4. The van der Waals surface area contributed by atoms with Crippen LogP contribution in [0.1, 0.15) is 75.4 Å². The van der Waals surface area contributed by atoms with E-state index in [9.17, 15) is 4.39 Å². The van der Waals surface area contributed by atoms with Gasteiger partial charge in [0.1, 0.15) is 5.82 Å². The van der Waals surface area contributed by atoms with Crippen LogP contribution in [0.4, 0.5) is 4.39 Å². The lowest BCUT2D eigenvalue weighted by Gasteiger charge is -2.47. The summed E-state index contributed by atoms with van der Waals surface area (Å²) in [6.07, 6.45) is 9.25. The summed E-state index contributed by atoms with van der Waals surface area (Å²) in [7, 11) is 0. The molecule has 0 unspecified atom stereocenters. The normalized spacial score (nSPS) is 16.5. The van der Waals surface area contributed by atoms with Crippen LogP contribution >= 0.6 is 0 Å². The summed E-state index contributed by atoms with van der Waals surface area (Å²) >= 11 is 0. The van der Waals surface area contributed by atoms with Gasteiger partial charge in [-0.3, -0.25) is 4.98 Å². The summed E-state index contributed by atoms with van der Waals surface area (Å²) < 4.78 is 13.9. The smallest absolute Gasteiger partial charge is 0.123 e. The van der Waals surface area contributed by atoms with E-state index in [0.29, 0.717) is 11.8 Å². The molecule has 32 heavy (non-hydrogen) atoms. The van der Waals surface area contributed by atoms with Crippen molar-refractivity contribution in [3.8, 4) is 22.3 Å². The van der Waals surface area contributed by atoms with Gasteiger partial charge in [-0.1, -0.05) is 82.7 Å². The molecule has 5 rings (SSSR count). The average molecular weight is 426 g/mol. The minimum Gasteiger partial charge on any atom is -0.256 e. The van der Waals surface area contributed by atoms with Crippen LogP contribution in [0.15, 0.2) is 54.6 Å². The second-order valence-electron chi connectivity index (χ2n) is 10.2. The van der Waals surface area contributed by atoms with Gasteiger partial charge in [0.25, 0.3) is 0 Å². The van der Waals surface area contributed by atoms with Gasteiger partial charge in [-0.2, -0.15) is 0 Å². The zero-order valence-electron chi connectivity index (χ0n) is 19.6. The molecule has 0 aliphatic heterocycles. The second-order valence-corrected chi connectivity index (χ2v) is 10.2. The SMILES string of the molecule is CC(C)/C=C/c1c(C(C)C)nc2c(c1-c1ccc(F)cc1)-c1ccccc1CC21CCC1. The van der Waals surface area contributed by atoms with Crippen LogP contribution in [0.3, 0.4) is 0 Å². The molecule has 0 atom stereocenters. The molecule has 1 saturated carbocycles. The first-order valence-electron chi connectivity index (χ1n) is 12.0. The monoisotopic (exact) mass is 425 g/mol. The van der Waals surface area contributed by atoms with E-state index in [1.807, 2.05) is 12.1 Å². The third-order valence-corrected chi connectivity index (χ3v) is 7.22. The summed E-state index contributed by atoms with van der Waals surface area (Å²) in [5.74, 6) is 0.550. The molecule has 0 N–H and O–H groups in total. The third kappa shape index (κ3) is 3.41. The molecule has 1 spiro atoms. The maximum absolute atomic E-state index is 13.9. The van der Waals surface area contributed by atoms with Crippen molar-refractivity contribution in [2.45, 2.75) is 64.7 Å². The van der Waals surface area contributed by atoms with E-state index < -0.39 is 0 Å². The quantitative estimate of drug-likeness (QED) is 0.409. The highest BCUT2D eigenvalue weighted by atomic mass is 19.1. The Hall–Kier alpha value is -2.74. The van der Waals surface area contributed by atoms with Crippen molar-refractivity contribution in [3.05, 3.63) is 82.9 Å². The van der Waals surface area contributed by atoms with E-state index in [4.69, 9.17) is 4.98 Å². The van der Waals surface area contributed by atoms with E-state index in [2.05, 4.69) is 64.1 Å². The fourth-order valence-electron chi connectivity index (χ4n) is 5.46. The maximum Gasteiger partial charge on any atom is 0.123 e. The average Bonchev–Trinajstić information content (AvgIpc) is 2.75. The first-order chi connectivity index (χ1) is 15.4. The lowest BCUT2D eigenvalue weighted by atomic mass is 9.58. The molecule has 2 aliphatic carbocycles. The van der Waals surface area contributed by atoms with E-state index in [0.717, 1.165) is 17.7 Å². The Morgan fingerprint density at radius 2 is 1.66 bits per heavy atom. The predicted octanol–water partition coefficient (Wildman–Crippen LogP) is 8.33. The standard InChI is InChI=1S/C30H32FN/c1-19(2)10-15-25-26(21-11-13-23(31)14-12-21)27-24-9-6-5-8-22(24)18-30(16-7-17-30)29(27)32-28(25)20(3)4/h5-6,8-15,19-20H,7,16-18H2,1-4H3/b15-10+. The number of benzene rings is 2. The third-order valence-electron chi connectivity index (χ3n) is 7.22. The van der Waals surface area contributed by atoms with Gasteiger partial charge in [0, 0.05) is 22.1 Å². The number of hydrogen-bond donors (Lipinski definition) is 0. The van der Waals surface area contributed by atoms with Gasteiger partial charge >= 0.3 is 0 Å². The molecule has 2 heteroatoms. The van der Waals surface area contributed by atoms with Crippen molar-refractivity contribution in [2.75, 3.05) is 0 Å². The van der Waals surface area contributed by atoms with E-state index >= 15 is 0 Å². The molecule has 1 aromatic heterocycles. The molecule has 2 aromatic carbocycles. The zero-order chi connectivity index (χ0) is 22.5. The summed E-state index contributed by atoms with van der Waals surface area (Å²) in [4.78, 5) is 5.44. The largest absolute Gasteiger partial charge is 0.256 e. The summed E-state index contributed by atoms with van der Waals surface area (Å²) in [5.41, 5.74) is 10.0. The minimum absolute atomic E-state index is 0.141. The molecule has 1 heterocycles. The second kappa shape index (κ2) is 7.99. The lowest BCUT2D eigenvalue weighted by molar-refractivity contribution is 0.232. The van der Waals surface area contributed by atoms with Gasteiger partial charge in [0.05, 0.1) is 11.4 Å². The van der Waals surface area contributed by atoms with Crippen molar-refractivity contribution in [2.24, 2.45) is 5.92 Å². The van der Waals surface area contributed by atoms with Crippen LogP contribution in [0.5, 0.6) is 0 Å². The Morgan fingerprint density at radius 3 is 2.28 bits per heavy atom. The Labute approximate surface area is 191 Å². The number of allylic oxidation sites excluding steroid dienone is 1. The fourth-order valence-corrected chi connectivity index (χ4v) is 5.46. The molecule has 2 aliphatic rings. The Kier molecular flexibility index (Phi) is 5.28. The lowest BCUT2D eigenvalue weighted by Crippen LogP contribution is -2.40. The molecule has 0 radical (unpaired) electrons. The summed E-state index contributed by atoms with van der Waals surface area (Å²) in [6, 6.07) is 15.9. The minimum atomic E-state index is -0.198. The first-order valence-corrected chi connectivity index (χ1v) is 12.0. The van der Waals surface area contributed by atoms with Crippen molar-refractivity contribution in [1.82, 2.24) is 4.98 Å². The van der Waals surface area contributed by atoms with Gasteiger partial charge in [-0.25, -0.2) is 4.39 Å². The highest BCUT2D eigenvalue weighted by Gasteiger charge is 2.46. The Morgan fingerprint density at radius 1 is 0.938 bits per heavy atom. The highest BCUT2D eigenvalue weighted by molar-refractivity contribution is 5.94. The predicted molar refractivity (Wildman–Crippen MR) is 132 cm³/mol. The molecule has 0 saturated heterocycles. The highest BCUT2D eigenvalue weighted by Crippen LogP contribution is 2.56. The van der Waals surface area contributed by atoms with Crippen LogP contribution in [-0.4, -0.2) is 4.98 Å². The molecular formula is C30H32FN. The number of rotatable bonds is 4. The number of hydrogen-bond acceptors (Lipinski definition) is 1. The van der Waals surface area contributed by atoms with Gasteiger partial charge < -0.3 is 0 Å². The number of pyridine rings is 1. The molecule has 1 fully saturated rings. The van der Waals surface area contributed by atoms with Crippen LogP contribution in [-0.2, 0) is 11.8 Å². The van der Waals surface area contributed by atoms with Crippen LogP contribution < -0.4 is 0 Å². The number of nitrogens with zero attached hydrogens (tertiary/aromatic N) is 1. The number of aromatic nitrogens is 1. The topological polar surface area (TPSA) is 12.9 Å². The van der Waals surface area contributed by atoms with E-state index in [1.54, 1.807) is 12.1 Å². The van der Waals surface area contributed by atoms with Crippen LogP contribution in [0.25, 0.3) is 28.3 Å². The van der Waals surface area contributed by atoms with Crippen molar-refractivity contribution in [1.29, 1.82) is 0 Å². The summed E-state index contributed by atoms with van der Waals surface area (Å²) in [6.45, 7) is 8.88. The number of halogens is 1. The van der Waals surface area contributed by atoms with E-state index in [-0.39, 0.29) is 11.2 Å². The van der Waals surface area contributed by atoms with Crippen molar-refractivity contribution < 1.29 is 4.39 Å². The summed E-state index contributed by atoms with van der Waals surface area (Å²) in [5, 5.41) is 0. The van der Waals surface area contributed by atoms with Crippen molar-refractivity contribution >= 4 is 6.08 Å². The van der Waals surface area contributed by atoms with Gasteiger partial charge in [-0.15, -0.1) is 0 Å². The van der Waals surface area contributed by atoms with Crippen molar-refractivity contribution in [3.63, 3.8) is 0 Å². The molecule has 1 nitrogen and oxygen atoms in total. The van der Waals surface area contributed by atoms with Crippen LogP contribution in [0, 0.1) is 11.7 Å². The maximum atomic E-state index is 13.9. The van der Waals surface area contributed by atoms with Crippen LogP contribution in [0.2, 0.25) is 0 Å². The first kappa shape index (κ1) is 21.1. The van der Waals surface area contributed by atoms with Gasteiger partial charge in [0.2, 0.25) is 0 Å². The molecule has 0 amide bonds. The van der Waals surface area contributed by atoms with Gasteiger partial charge in [0.15, 0.2) is 0 Å².